The van der Waals surface area contributed by atoms with E-state index in [-0.39, 0.29) is 11.8 Å². The molecule has 1 saturated carbocycles. The Labute approximate surface area is 98.6 Å². The molecule has 0 aliphatic heterocycles. The zero-order valence-corrected chi connectivity index (χ0v) is 9.59. The van der Waals surface area contributed by atoms with Crippen LogP contribution in [-0.4, -0.2) is 26.8 Å². The van der Waals surface area contributed by atoms with Gasteiger partial charge in [-0.05, 0) is 12.8 Å². The van der Waals surface area contributed by atoms with Gasteiger partial charge in [-0.1, -0.05) is 6.42 Å². The topological polar surface area (TPSA) is 84.2 Å². The number of amides is 1. The van der Waals surface area contributed by atoms with E-state index >= 15 is 0 Å². The first-order valence-electron chi connectivity index (χ1n) is 5.59. The first-order chi connectivity index (χ1) is 8.08. The third-order valence-corrected chi connectivity index (χ3v) is 3.07. The largest absolute Gasteiger partial charge is 0.479 e. The summed E-state index contributed by atoms with van der Waals surface area (Å²) in [6.07, 6.45) is 5.80. The van der Waals surface area contributed by atoms with Crippen LogP contribution in [0.25, 0.3) is 0 Å². The van der Waals surface area contributed by atoms with E-state index in [1.807, 2.05) is 0 Å². The summed E-state index contributed by atoms with van der Waals surface area (Å²) in [5.41, 5.74) is 0.493. The highest BCUT2D eigenvalue weighted by atomic mass is 16.4. The van der Waals surface area contributed by atoms with Crippen LogP contribution in [0, 0.1) is 5.92 Å². The van der Waals surface area contributed by atoms with Crippen LogP contribution in [0.15, 0.2) is 12.4 Å². The van der Waals surface area contributed by atoms with Crippen molar-refractivity contribution >= 4 is 11.9 Å². The molecule has 1 aliphatic rings. The van der Waals surface area contributed by atoms with Crippen molar-refractivity contribution in [2.24, 2.45) is 13.0 Å². The van der Waals surface area contributed by atoms with Crippen molar-refractivity contribution in [1.29, 1.82) is 0 Å². The van der Waals surface area contributed by atoms with Crippen LogP contribution >= 0.6 is 0 Å². The van der Waals surface area contributed by atoms with Gasteiger partial charge in [0.2, 0.25) is 5.91 Å². The second-order valence-corrected chi connectivity index (χ2v) is 4.36. The fourth-order valence-electron chi connectivity index (χ4n) is 1.81. The number of aromatic nitrogens is 2. The lowest BCUT2D eigenvalue weighted by molar-refractivity contribution is -0.143. The molecule has 1 fully saturated rings. The summed E-state index contributed by atoms with van der Waals surface area (Å²) in [6.45, 7) is 0. The molecule has 1 aromatic heterocycles. The first kappa shape index (κ1) is 11.6. The summed E-state index contributed by atoms with van der Waals surface area (Å²) in [5.74, 6) is -1.26. The molecular formula is C11H15N3O3. The van der Waals surface area contributed by atoms with Crippen LogP contribution in [0.1, 0.15) is 30.9 Å². The Balaban J connectivity index is 2.07. The van der Waals surface area contributed by atoms with Crippen LogP contribution in [0.3, 0.4) is 0 Å². The predicted octanol–water partition coefficient (Wildman–Crippen LogP) is 0.462. The molecule has 1 heterocycles. The highest BCUT2D eigenvalue weighted by Crippen LogP contribution is 2.27. The van der Waals surface area contributed by atoms with Crippen molar-refractivity contribution in [3.05, 3.63) is 18.0 Å². The fourth-order valence-corrected chi connectivity index (χ4v) is 1.81. The quantitative estimate of drug-likeness (QED) is 0.796. The number of carbonyl (C=O) groups excluding carboxylic acids is 1. The summed E-state index contributed by atoms with van der Waals surface area (Å²) in [4.78, 5) is 22.8. The summed E-state index contributed by atoms with van der Waals surface area (Å²) in [6, 6.07) is -1.00. The maximum absolute atomic E-state index is 11.7. The van der Waals surface area contributed by atoms with E-state index in [1.165, 1.54) is 10.9 Å². The van der Waals surface area contributed by atoms with E-state index in [4.69, 9.17) is 5.11 Å². The van der Waals surface area contributed by atoms with E-state index in [1.54, 1.807) is 13.2 Å². The van der Waals surface area contributed by atoms with Gasteiger partial charge in [0.05, 0.1) is 6.20 Å². The van der Waals surface area contributed by atoms with Crippen LogP contribution in [0.5, 0.6) is 0 Å². The van der Waals surface area contributed by atoms with Crippen molar-refractivity contribution in [3.8, 4) is 0 Å². The Morgan fingerprint density at radius 3 is 2.71 bits per heavy atom. The molecule has 1 aliphatic carbocycles. The van der Waals surface area contributed by atoms with Gasteiger partial charge in [-0.3, -0.25) is 9.48 Å². The van der Waals surface area contributed by atoms with Gasteiger partial charge in [0.15, 0.2) is 6.04 Å². The molecule has 6 heteroatoms. The van der Waals surface area contributed by atoms with Gasteiger partial charge < -0.3 is 10.4 Å². The van der Waals surface area contributed by atoms with E-state index < -0.39 is 12.0 Å². The molecule has 1 atom stereocenters. The van der Waals surface area contributed by atoms with Gasteiger partial charge >= 0.3 is 5.97 Å². The van der Waals surface area contributed by atoms with Crippen molar-refractivity contribution in [2.75, 3.05) is 0 Å². The number of hydrogen-bond donors (Lipinski definition) is 2. The van der Waals surface area contributed by atoms with Gasteiger partial charge in [-0.25, -0.2) is 4.79 Å². The van der Waals surface area contributed by atoms with E-state index in [2.05, 4.69) is 10.4 Å². The van der Waals surface area contributed by atoms with Gasteiger partial charge in [0.25, 0.3) is 0 Å². The number of carboxylic acid groups (broad SMARTS) is 1. The number of carboxylic acids is 1. The molecule has 1 aromatic rings. The Hall–Kier alpha value is -1.85. The number of rotatable bonds is 4. The molecule has 92 valence electrons. The number of carbonyl (C=O) groups is 2. The van der Waals surface area contributed by atoms with Gasteiger partial charge in [0, 0.05) is 24.7 Å². The third kappa shape index (κ3) is 2.46. The van der Waals surface area contributed by atoms with Gasteiger partial charge in [0.1, 0.15) is 0 Å². The zero-order chi connectivity index (χ0) is 12.4. The molecule has 17 heavy (non-hydrogen) atoms. The molecule has 0 radical (unpaired) electrons. The maximum atomic E-state index is 11.7. The number of nitrogens with one attached hydrogen (secondary N) is 1. The van der Waals surface area contributed by atoms with E-state index in [0.29, 0.717) is 5.56 Å². The average molecular weight is 237 g/mol. The fraction of sp³-hybridized carbons (Fsp3) is 0.545. The number of aliphatic carboxylic acids is 1. The molecular weight excluding hydrogens is 222 g/mol. The predicted molar refractivity (Wildman–Crippen MR) is 59.1 cm³/mol. The number of aryl methyl sites for hydroxylation is 1. The normalized spacial score (nSPS) is 17.2. The Kier molecular flexibility index (Phi) is 3.12. The Bertz CT molecular complexity index is 437. The molecule has 2 N–H and O–H groups in total. The van der Waals surface area contributed by atoms with Crippen LogP contribution in [-0.2, 0) is 16.6 Å². The minimum absolute atomic E-state index is 0.0199. The minimum Gasteiger partial charge on any atom is -0.479 e. The van der Waals surface area contributed by atoms with Crippen molar-refractivity contribution in [3.63, 3.8) is 0 Å². The third-order valence-electron chi connectivity index (χ3n) is 3.07. The highest BCUT2D eigenvalue weighted by molar-refractivity contribution is 5.86. The number of hydrogen-bond acceptors (Lipinski definition) is 3. The lowest BCUT2D eigenvalue weighted by Crippen LogP contribution is -2.39. The van der Waals surface area contributed by atoms with Crippen LogP contribution in [0.4, 0.5) is 0 Å². The summed E-state index contributed by atoms with van der Waals surface area (Å²) in [5, 5.41) is 15.6. The molecule has 6 nitrogen and oxygen atoms in total. The van der Waals surface area contributed by atoms with Crippen LogP contribution in [0.2, 0.25) is 0 Å². The average Bonchev–Trinajstić information content (AvgIpc) is 2.57. The SMILES string of the molecule is Cn1cc(C(NC(=O)C2CCC2)C(=O)O)cn1. The Morgan fingerprint density at radius 1 is 1.59 bits per heavy atom. The summed E-state index contributed by atoms with van der Waals surface area (Å²) >= 11 is 0. The lowest BCUT2D eigenvalue weighted by Gasteiger charge is -2.25. The van der Waals surface area contributed by atoms with Gasteiger partial charge in [-0.2, -0.15) is 5.10 Å². The maximum Gasteiger partial charge on any atom is 0.331 e. The zero-order valence-electron chi connectivity index (χ0n) is 9.59. The van der Waals surface area contributed by atoms with Gasteiger partial charge in [-0.15, -0.1) is 0 Å². The van der Waals surface area contributed by atoms with Crippen molar-refractivity contribution < 1.29 is 14.7 Å². The standard InChI is InChI=1S/C11H15N3O3/c1-14-6-8(5-12-14)9(11(16)17)13-10(15)7-3-2-4-7/h5-7,9H,2-4H2,1H3,(H,13,15)(H,16,17). The molecule has 1 amide bonds. The first-order valence-corrected chi connectivity index (χ1v) is 5.59. The molecule has 0 aromatic carbocycles. The monoisotopic (exact) mass is 237 g/mol. The summed E-state index contributed by atoms with van der Waals surface area (Å²) < 4.78 is 1.51. The summed E-state index contributed by atoms with van der Waals surface area (Å²) in [7, 11) is 1.70. The molecule has 2 rings (SSSR count). The van der Waals surface area contributed by atoms with E-state index in [0.717, 1.165) is 19.3 Å². The lowest BCUT2D eigenvalue weighted by atomic mass is 9.84. The van der Waals surface area contributed by atoms with Crippen molar-refractivity contribution in [1.82, 2.24) is 15.1 Å². The second-order valence-electron chi connectivity index (χ2n) is 4.36. The smallest absolute Gasteiger partial charge is 0.331 e. The van der Waals surface area contributed by atoms with Crippen molar-refractivity contribution in [2.45, 2.75) is 25.3 Å². The minimum atomic E-state index is -1.06. The van der Waals surface area contributed by atoms with Crippen LogP contribution < -0.4 is 5.32 Å². The highest BCUT2D eigenvalue weighted by Gasteiger charge is 2.30. The number of nitrogens with zero attached hydrogens (tertiary/aromatic N) is 2. The van der Waals surface area contributed by atoms with E-state index in [9.17, 15) is 9.59 Å². The Morgan fingerprint density at radius 2 is 2.29 bits per heavy atom. The second kappa shape index (κ2) is 4.57. The molecule has 0 bridgehead atoms. The molecule has 1 unspecified atom stereocenters. The molecule has 0 spiro atoms. The molecule has 0 saturated heterocycles.